The minimum absolute atomic E-state index is 0.0824. The molecule has 2 heterocycles. The van der Waals surface area contributed by atoms with Gasteiger partial charge >= 0.3 is 0 Å². The van der Waals surface area contributed by atoms with Crippen molar-refractivity contribution in [3.05, 3.63) is 24.0 Å². The molecule has 1 amide bonds. The van der Waals surface area contributed by atoms with Crippen molar-refractivity contribution in [3.8, 4) is 5.75 Å². The molecule has 98 valence electrons. The van der Waals surface area contributed by atoms with E-state index in [1.165, 1.54) is 12.3 Å². The maximum absolute atomic E-state index is 12.2. The number of aromatic hydroxyl groups is 1. The van der Waals surface area contributed by atoms with Gasteiger partial charge in [-0.2, -0.15) is 0 Å². The molecule has 1 aromatic rings. The molecule has 1 atom stereocenters. The highest BCUT2D eigenvalue weighted by molar-refractivity contribution is 5.94. The van der Waals surface area contributed by atoms with E-state index in [1.807, 2.05) is 0 Å². The Morgan fingerprint density at radius 1 is 1.44 bits per heavy atom. The van der Waals surface area contributed by atoms with Crippen molar-refractivity contribution in [2.24, 2.45) is 0 Å². The van der Waals surface area contributed by atoms with Crippen molar-refractivity contribution in [1.82, 2.24) is 9.88 Å². The molecule has 5 heteroatoms. The molecular formula is C13H18N2O3. The van der Waals surface area contributed by atoms with E-state index in [4.69, 9.17) is 0 Å². The maximum atomic E-state index is 12.2. The summed E-state index contributed by atoms with van der Waals surface area (Å²) >= 11 is 0. The van der Waals surface area contributed by atoms with Crippen LogP contribution in [0.25, 0.3) is 0 Å². The lowest BCUT2D eigenvalue weighted by atomic mass is 9.98. The maximum Gasteiger partial charge on any atom is 0.276 e. The van der Waals surface area contributed by atoms with Crippen LogP contribution in [0.15, 0.2) is 18.3 Å². The molecule has 1 aromatic heterocycles. The second-order valence-corrected chi connectivity index (χ2v) is 5.01. The number of hydrogen-bond acceptors (Lipinski definition) is 4. The van der Waals surface area contributed by atoms with Gasteiger partial charge in [0.2, 0.25) is 0 Å². The number of hydrogen-bond donors (Lipinski definition) is 2. The Kier molecular flexibility index (Phi) is 3.52. The van der Waals surface area contributed by atoms with Crippen LogP contribution in [0.1, 0.15) is 36.7 Å². The molecule has 0 bridgehead atoms. The van der Waals surface area contributed by atoms with Gasteiger partial charge in [0, 0.05) is 19.3 Å². The van der Waals surface area contributed by atoms with E-state index >= 15 is 0 Å². The van der Waals surface area contributed by atoms with Gasteiger partial charge in [-0.15, -0.1) is 0 Å². The Labute approximate surface area is 106 Å². The molecule has 1 unspecified atom stereocenters. The van der Waals surface area contributed by atoms with Gasteiger partial charge < -0.3 is 15.1 Å². The third kappa shape index (κ3) is 2.79. The quantitative estimate of drug-likeness (QED) is 0.784. The summed E-state index contributed by atoms with van der Waals surface area (Å²) in [6, 6.07) is 3.04. The summed E-state index contributed by atoms with van der Waals surface area (Å²) in [6.45, 7) is 2.87. The van der Waals surface area contributed by atoms with Crippen LogP contribution in [0.2, 0.25) is 0 Å². The van der Waals surface area contributed by atoms with Crippen molar-refractivity contribution in [2.45, 2.75) is 31.8 Å². The number of rotatable bonds is 1. The fourth-order valence-corrected chi connectivity index (χ4v) is 2.18. The Morgan fingerprint density at radius 2 is 2.22 bits per heavy atom. The second-order valence-electron chi connectivity index (χ2n) is 5.01. The van der Waals surface area contributed by atoms with Crippen LogP contribution in [0.3, 0.4) is 0 Å². The summed E-state index contributed by atoms with van der Waals surface area (Å²) in [4.78, 5) is 17.8. The smallest absolute Gasteiger partial charge is 0.276 e. The number of pyridine rings is 1. The van der Waals surface area contributed by atoms with Crippen LogP contribution >= 0.6 is 0 Å². The topological polar surface area (TPSA) is 73.7 Å². The van der Waals surface area contributed by atoms with Gasteiger partial charge in [0.1, 0.15) is 5.75 Å². The average Bonchev–Trinajstić information content (AvgIpc) is 2.50. The molecule has 2 rings (SSSR count). The van der Waals surface area contributed by atoms with Gasteiger partial charge in [-0.1, -0.05) is 0 Å². The molecule has 0 aliphatic carbocycles. The zero-order valence-electron chi connectivity index (χ0n) is 10.5. The lowest BCUT2D eigenvalue weighted by molar-refractivity contribution is 0.0437. The Morgan fingerprint density at radius 3 is 2.94 bits per heavy atom. The Bertz CT molecular complexity index is 446. The molecule has 0 radical (unpaired) electrons. The molecule has 0 spiro atoms. The highest BCUT2D eigenvalue weighted by Crippen LogP contribution is 2.23. The van der Waals surface area contributed by atoms with E-state index in [0.29, 0.717) is 25.9 Å². The van der Waals surface area contributed by atoms with Crippen LogP contribution in [-0.2, 0) is 0 Å². The van der Waals surface area contributed by atoms with Crippen LogP contribution in [0, 0.1) is 0 Å². The van der Waals surface area contributed by atoms with Crippen LogP contribution in [0.5, 0.6) is 5.75 Å². The lowest BCUT2D eigenvalue weighted by Gasteiger charge is -2.22. The summed E-state index contributed by atoms with van der Waals surface area (Å²) in [5.41, 5.74) is -0.625. The number of aromatic nitrogens is 1. The van der Waals surface area contributed by atoms with E-state index in [1.54, 1.807) is 17.9 Å². The molecule has 0 aromatic carbocycles. The molecule has 1 aliphatic heterocycles. The first-order valence-corrected chi connectivity index (χ1v) is 6.15. The van der Waals surface area contributed by atoms with Gasteiger partial charge in [0.05, 0.1) is 5.60 Å². The van der Waals surface area contributed by atoms with Crippen molar-refractivity contribution >= 4 is 5.91 Å². The van der Waals surface area contributed by atoms with Crippen LogP contribution < -0.4 is 0 Å². The number of carbonyl (C=O) groups excluding carboxylic acids is 1. The van der Waals surface area contributed by atoms with Gasteiger partial charge in [-0.05, 0) is 38.3 Å². The largest absolute Gasteiger partial charge is 0.505 e. The molecule has 2 N–H and O–H groups in total. The zero-order chi connectivity index (χ0) is 13.2. The fourth-order valence-electron chi connectivity index (χ4n) is 2.18. The lowest BCUT2D eigenvalue weighted by Crippen LogP contribution is -2.34. The first-order valence-electron chi connectivity index (χ1n) is 6.15. The SMILES string of the molecule is CC1(O)CCCN(C(=O)c2ncccc2O)CC1. The summed E-state index contributed by atoms with van der Waals surface area (Å²) < 4.78 is 0. The van der Waals surface area contributed by atoms with Gasteiger partial charge in [0.25, 0.3) is 5.91 Å². The van der Waals surface area contributed by atoms with E-state index < -0.39 is 5.60 Å². The van der Waals surface area contributed by atoms with E-state index in [2.05, 4.69) is 4.98 Å². The Hall–Kier alpha value is -1.62. The summed E-state index contributed by atoms with van der Waals surface area (Å²) in [6.07, 6.45) is 3.48. The normalized spacial score (nSPS) is 24.7. The van der Waals surface area contributed by atoms with Crippen molar-refractivity contribution in [3.63, 3.8) is 0 Å². The van der Waals surface area contributed by atoms with Crippen molar-refractivity contribution in [1.29, 1.82) is 0 Å². The van der Waals surface area contributed by atoms with Crippen LogP contribution in [0.4, 0.5) is 0 Å². The molecule has 1 fully saturated rings. The molecule has 0 saturated carbocycles. The summed E-state index contributed by atoms with van der Waals surface area (Å²) in [7, 11) is 0. The number of nitrogens with zero attached hydrogens (tertiary/aromatic N) is 2. The minimum atomic E-state index is -0.707. The molecule has 1 aliphatic rings. The number of likely N-dealkylation sites (tertiary alicyclic amines) is 1. The third-order valence-electron chi connectivity index (χ3n) is 3.34. The van der Waals surface area contributed by atoms with Crippen molar-refractivity contribution < 1.29 is 15.0 Å². The number of aliphatic hydroxyl groups is 1. The van der Waals surface area contributed by atoms with Gasteiger partial charge in [-0.25, -0.2) is 4.98 Å². The monoisotopic (exact) mass is 250 g/mol. The Balaban J connectivity index is 2.13. The van der Waals surface area contributed by atoms with E-state index in [9.17, 15) is 15.0 Å². The average molecular weight is 250 g/mol. The fraction of sp³-hybridized carbons (Fsp3) is 0.538. The molecule has 1 saturated heterocycles. The first-order chi connectivity index (χ1) is 8.49. The standard InChI is InChI=1S/C13H18N2O3/c1-13(18)5-3-8-15(9-6-13)12(17)11-10(16)4-2-7-14-11/h2,4,7,16,18H,3,5-6,8-9H2,1H3. The van der Waals surface area contributed by atoms with Crippen LogP contribution in [-0.4, -0.2) is 44.7 Å². The predicted octanol–water partition coefficient (Wildman–Crippen LogP) is 1.16. The molecule has 5 nitrogen and oxygen atoms in total. The zero-order valence-corrected chi connectivity index (χ0v) is 10.5. The molecular weight excluding hydrogens is 232 g/mol. The second kappa shape index (κ2) is 4.94. The highest BCUT2D eigenvalue weighted by Gasteiger charge is 2.28. The predicted molar refractivity (Wildman–Crippen MR) is 66.3 cm³/mol. The van der Waals surface area contributed by atoms with E-state index in [0.717, 1.165) is 6.42 Å². The number of carbonyl (C=O) groups is 1. The van der Waals surface area contributed by atoms with E-state index in [-0.39, 0.29) is 17.4 Å². The minimum Gasteiger partial charge on any atom is -0.505 e. The van der Waals surface area contributed by atoms with Gasteiger partial charge in [-0.3, -0.25) is 4.79 Å². The molecule has 18 heavy (non-hydrogen) atoms. The van der Waals surface area contributed by atoms with Crippen molar-refractivity contribution in [2.75, 3.05) is 13.1 Å². The third-order valence-corrected chi connectivity index (χ3v) is 3.34. The summed E-state index contributed by atoms with van der Waals surface area (Å²) in [5, 5.41) is 19.6. The highest BCUT2D eigenvalue weighted by atomic mass is 16.3. The number of amides is 1. The summed E-state index contributed by atoms with van der Waals surface area (Å²) in [5.74, 6) is -0.371. The van der Waals surface area contributed by atoms with Gasteiger partial charge in [0.15, 0.2) is 5.69 Å². The first kappa shape index (κ1) is 12.8.